The van der Waals surface area contributed by atoms with Crippen molar-refractivity contribution in [3.8, 4) is 34.5 Å². The number of rotatable bonds is 13. The van der Waals surface area contributed by atoms with Gasteiger partial charge in [0.15, 0.2) is 34.5 Å². The Hall–Kier alpha value is -5.39. The molecule has 0 unspecified atom stereocenters. The molecule has 0 heterocycles. The average molecular weight is 580 g/mol. The van der Waals surface area contributed by atoms with E-state index in [0.717, 1.165) is 6.08 Å². The molecule has 0 saturated heterocycles. The molecule has 3 aromatic rings. The topological polar surface area (TPSA) is 209 Å². The zero-order valence-corrected chi connectivity index (χ0v) is 22.6. The van der Waals surface area contributed by atoms with E-state index >= 15 is 0 Å². The molecular formula is C30H33N3O9. The monoisotopic (exact) mass is 579 g/mol. The number of phenols is 6. The van der Waals surface area contributed by atoms with Gasteiger partial charge in [-0.05, 0) is 78.4 Å². The standard InChI is InChI=1S/C30H33N3O9/c34-22-6-1-18(15-25(22)37)4-9-29(41)33-21(30(42)32-14-12-20-3-8-24(36)27(39)17-20)5-10-28(40)31-13-11-19-2-7-23(35)26(38)16-19/h1-4,6-9,15-17,21,34-39H,5,10-14H2,(H,31,40)(H,32,42)(H,33,41)/b9-4+/t21-/m0/s1. The highest BCUT2D eigenvalue weighted by Crippen LogP contribution is 2.26. The van der Waals surface area contributed by atoms with E-state index in [9.17, 15) is 45.0 Å². The van der Waals surface area contributed by atoms with Gasteiger partial charge >= 0.3 is 0 Å². The molecule has 0 spiro atoms. The average Bonchev–Trinajstić information content (AvgIpc) is 2.95. The van der Waals surface area contributed by atoms with Gasteiger partial charge in [-0.25, -0.2) is 0 Å². The lowest BCUT2D eigenvalue weighted by molar-refractivity contribution is -0.128. The number of amides is 3. The molecule has 9 N–H and O–H groups in total. The van der Waals surface area contributed by atoms with Crippen molar-refractivity contribution in [2.24, 2.45) is 0 Å². The Balaban J connectivity index is 1.57. The fourth-order valence-electron chi connectivity index (χ4n) is 3.92. The normalized spacial score (nSPS) is 11.6. The summed E-state index contributed by atoms with van der Waals surface area (Å²) in [5.41, 5.74) is 1.79. The van der Waals surface area contributed by atoms with E-state index in [-0.39, 0.29) is 66.3 Å². The number of nitrogens with one attached hydrogen (secondary N) is 3. The zero-order chi connectivity index (χ0) is 30.6. The Kier molecular flexibility index (Phi) is 11.0. The van der Waals surface area contributed by atoms with Crippen LogP contribution in [0.25, 0.3) is 6.08 Å². The van der Waals surface area contributed by atoms with Crippen LogP contribution in [-0.2, 0) is 27.2 Å². The van der Waals surface area contributed by atoms with Crippen LogP contribution in [0.2, 0.25) is 0 Å². The van der Waals surface area contributed by atoms with Gasteiger partial charge < -0.3 is 46.6 Å². The van der Waals surface area contributed by atoms with Crippen molar-refractivity contribution in [2.75, 3.05) is 13.1 Å². The lowest BCUT2D eigenvalue weighted by atomic mass is 10.1. The maximum Gasteiger partial charge on any atom is 0.244 e. The molecule has 3 rings (SSSR count). The van der Waals surface area contributed by atoms with Gasteiger partial charge in [-0.15, -0.1) is 0 Å². The van der Waals surface area contributed by atoms with Gasteiger partial charge in [0.25, 0.3) is 0 Å². The summed E-state index contributed by atoms with van der Waals surface area (Å²) in [6.07, 6.45) is 3.16. The molecule has 42 heavy (non-hydrogen) atoms. The number of phenolic OH excluding ortho intramolecular Hbond substituents is 6. The van der Waals surface area contributed by atoms with E-state index in [1.807, 2.05) is 0 Å². The largest absolute Gasteiger partial charge is 0.504 e. The van der Waals surface area contributed by atoms with E-state index in [0.29, 0.717) is 29.5 Å². The van der Waals surface area contributed by atoms with Crippen molar-refractivity contribution < 1.29 is 45.0 Å². The van der Waals surface area contributed by atoms with Crippen LogP contribution in [0.15, 0.2) is 60.7 Å². The van der Waals surface area contributed by atoms with Crippen molar-refractivity contribution in [2.45, 2.75) is 31.7 Å². The van der Waals surface area contributed by atoms with Gasteiger partial charge in [0, 0.05) is 25.6 Å². The molecule has 3 amide bonds. The minimum atomic E-state index is -1.07. The predicted molar refractivity (Wildman–Crippen MR) is 153 cm³/mol. The summed E-state index contributed by atoms with van der Waals surface area (Å²) in [6, 6.07) is 11.6. The summed E-state index contributed by atoms with van der Waals surface area (Å²) in [5, 5.41) is 65.2. The second-order valence-electron chi connectivity index (χ2n) is 9.47. The summed E-state index contributed by atoms with van der Waals surface area (Å²) in [4.78, 5) is 38.0. The summed E-state index contributed by atoms with van der Waals surface area (Å²) in [6.45, 7) is 0.400. The quantitative estimate of drug-likeness (QED) is 0.107. The number of benzene rings is 3. The summed E-state index contributed by atoms with van der Waals surface area (Å²) < 4.78 is 0. The maximum atomic E-state index is 12.9. The molecule has 0 bridgehead atoms. The Morgan fingerprint density at radius 2 is 1.19 bits per heavy atom. The number of hydrogen-bond acceptors (Lipinski definition) is 9. The predicted octanol–water partition coefficient (Wildman–Crippen LogP) is 1.92. The van der Waals surface area contributed by atoms with Crippen LogP contribution in [0.3, 0.4) is 0 Å². The second kappa shape index (κ2) is 14.8. The van der Waals surface area contributed by atoms with Gasteiger partial charge in [-0.2, -0.15) is 0 Å². The highest BCUT2D eigenvalue weighted by atomic mass is 16.3. The molecule has 12 nitrogen and oxygen atoms in total. The van der Waals surface area contributed by atoms with E-state index in [1.54, 1.807) is 12.1 Å². The third-order valence-corrected chi connectivity index (χ3v) is 6.25. The first-order valence-corrected chi connectivity index (χ1v) is 13.1. The van der Waals surface area contributed by atoms with Gasteiger partial charge in [-0.1, -0.05) is 18.2 Å². The van der Waals surface area contributed by atoms with E-state index < -0.39 is 17.9 Å². The Morgan fingerprint density at radius 3 is 1.74 bits per heavy atom. The Bertz CT molecular complexity index is 1460. The van der Waals surface area contributed by atoms with Crippen LogP contribution in [0.5, 0.6) is 34.5 Å². The fraction of sp³-hybridized carbons (Fsp3) is 0.233. The van der Waals surface area contributed by atoms with Crippen molar-refractivity contribution in [1.29, 1.82) is 0 Å². The molecule has 0 aliphatic carbocycles. The number of aromatic hydroxyl groups is 6. The summed E-state index contributed by atoms with van der Waals surface area (Å²) in [5.74, 6) is -3.24. The molecule has 1 atom stereocenters. The maximum absolute atomic E-state index is 12.9. The van der Waals surface area contributed by atoms with E-state index in [4.69, 9.17) is 0 Å². The van der Waals surface area contributed by atoms with E-state index in [2.05, 4.69) is 16.0 Å². The van der Waals surface area contributed by atoms with Crippen LogP contribution in [0, 0.1) is 0 Å². The lowest BCUT2D eigenvalue weighted by Gasteiger charge is -2.18. The fourth-order valence-corrected chi connectivity index (χ4v) is 3.92. The SMILES string of the molecule is O=C(/C=C/c1ccc(O)c(O)c1)N[C@@H](CCC(=O)NCCc1ccc(O)c(O)c1)C(=O)NCCc1ccc(O)c(O)c1. The van der Waals surface area contributed by atoms with Crippen LogP contribution in [0.4, 0.5) is 0 Å². The first-order valence-electron chi connectivity index (χ1n) is 13.1. The third-order valence-electron chi connectivity index (χ3n) is 6.25. The van der Waals surface area contributed by atoms with Gasteiger partial charge in [0.2, 0.25) is 17.7 Å². The smallest absolute Gasteiger partial charge is 0.244 e. The molecule has 0 radical (unpaired) electrons. The lowest BCUT2D eigenvalue weighted by Crippen LogP contribution is -2.47. The molecule has 0 aliphatic rings. The third kappa shape index (κ3) is 9.66. The molecule has 0 fully saturated rings. The molecular weight excluding hydrogens is 546 g/mol. The summed E-state index contributed by atoms with van der Waals surface area (Å²) in [7, 11) is 0. The van der Waals surface area contributed by atoms with Crippen molar-refractivity contribution in [3.63, 3.8) is 0 Å². The zero-order valence-electron chi connectivity index (χ0n) is 22.6. The van der Waals surface area contributed by atoms with Crippen LogP contribution in [-0.4, -0.2) is 67.5 Å². The van der Waals surface area contributed by atoms with Gasteiger partial charge in [0.1, 0.15) is 6.04 Å². The molecule has 12 heteroatoms. The highest BCUT2D eigenvalue weighted by molar-refractivity contribution is 5.95. The summed E-state index contributed by atoms with van der Waals surface area (Å²) >= 11 is 0. The Labute approximate surface area is 241 Å². The Morgan fingerprint density at radius 1 is 0.667 bits per heavy atom. The van der Waals surface area contributed by atoms with Crippen LogP contribution in [0.1, 0.15) is 29.5 Å². The molecule has 3 aromatic carbocycles. The second-order valence-corrected chi connectivity index (χ2v) is 9.47. The highest BCUT2D eigenvalue weighted by Gasteiger charge is 2.21. The van der Waals surface area contributed by atoms with Crippen LogP contribution < -0.4 is 16.0 Å². The molecule has 0 saturated carbocycles. The molecule has 0 aliphatic heterocycles. The van der Waals surface area contributed by atoms with Crippen molar-refractivity contribution in [3.05, 3.63) is 77.4 Å². The molecule has 222 valence electrons. The minimum absolute atomic E-state index is 0.0166. The minimum Gasteiger partial charge on any atom is -0.504 e. The first-order chi connectivity index (χ1) is 20.0. The number of hydrogen-bond donors (Lipinski definition) is 9. The van der Waals surface area contributed by atoms with Crippen molar-refractivity contribution >= 4 is 23.8 Å². The van der Waals surface area contributed by atoms with Gasteiger partial charge in [0.05, 0.1) is 0 Å². The number of carbonyl (C=O) groups is 3. The van der Waals surface area contributed by atoms with Crippen molar-refractivity contribution in [1.82, 2.24) is 16.0 Å². The van der Waals surface area contributed by atoms with E-state index in [1.165, 1.54) is 48.5 Å². The van der Waals surface area contributed by atoms with Crippen LogP contribution >= 0.6 is 0 Å². The van der Waals surface area contributed by atoms with Gasteiger partial charge in [-0.3, -0.25) is 14.4 Å². The molecule has 0 aromatic heterocycles. The number of carbonyl (C=O) groups excluding carboxylic acids is 3. The first kappa shape index (κ1) is 31.1.